The molecular formula is C12H8BrN5O. The Bertz CT molecular complexity index is 710. The third kappa shape index (κ3) is 2.32. The molecule has 0 spiro atoms. The zero-order valence-corrected chi connectivity index (χ0v) is 11.2. The van der Waals surface area contributed by atoms with Gasteiger partial charge in [-0.1, -0.05) is 5.16 Å². The number of nitrogen functional groups attached to an aromatic ring is 1. The van der Waals surface area contributed by atoms with Gasteiger partial charge in [0.25, 0.3) is 5.89 Å². The first-order chi connectivity index (χ1) is 9.24. The number of hydrogen-bond acceptors (Lipinski definition) is 6. The smallest absolute Gasteiger partial charge is 0.259 e. The molecule has 7 heteroatoms. The van der Waals surface area contributed by atoms with Gasteiger partial charge in [0.1, 0.15) is 11.5 Å². The molecule has 0 atom stereocenters. The maximum absolute atomic E-state index is 5.53. The van der Waals surface area contributed by atoms with E-state index in [1.54, 1.807) is 24.5 Å². The van der Waals surface area contributed by atoms with Crippen molar-refractivity contribution in [1.29, 1.82) is 0 Å². The van der Waals surface area contributed by atoms with Crippen LogP contribution in [-0.2, 0) is 0 Å². The fourth-order valence-electron chi connectivity index (χ4n) is 1.52. The highest BCUT2D eigenvalue weighted by atomic mass is 79.9. The summed E-state index contributed by atoms with van der Waals surface area (Å²) in [6.45, 7) is 0. The number of rotatable bonds is 2. The van der Waals surface area contributed by atoms with Crippen LogP contribution >= 0.6 is 15.9 Å². The summed E-state index contributed by atoms with van der Waals surface area (Å²) in [7, 11) is 0. The Morgan fingerprint density at radius 2 is 2.05 bits per heavy atom. The van der Waals surface area contributed by atoms with Crippen LogP contribution in [-0.4, -0.2) is 20.1 Å². The van der Waals surface area contributed by atoms with E-state index in [4.69, 9.17) is 10.3 Å². The SMILES string of the molecule is Nc1ccc(-c2nc(-c3ncccc3Br)no2)cn1. The van der Waals surface area contributed by atoms with Gasteiger partial charge in [-0.05, 0) is 40.2 Å². The number of halogens is 1. The van der Waals surface area contributed by atoms with Crippen molar-refractivity contribution in [3.63, 3.8) is 0 Å². The predicted molar refractivity (Wildman–Crippen MR) is 72.9 cm³/mol. The molecule has 0 aliphatic heterocycles. The van der Waals surface area contributed by atoms with Gasteiger partial charge in [-0.3, -0.25) is 4.98 Å². The van der Waals surface area contributed by atoms with Gasteiger partial charge in [0, 0.05) is 16.9 Å². The minimum atomic E-state index is 0.375. The highest BCUT2D eigenvalue weighted by Crippen LogP contribution is 2.25. The van der Waals surface area contributed by atoms with Gasteiger partial charge in [-0.15, -0.1) is 0 Å². The average molecular weight is 318 g/mol. The highest BCUT2D eigenvalue weighted by Gasteiger charge is 2.13. The van der Waals surface area contributed by atoms with Gasteiger partial charge in [0.05, 0.1) is 5.56 Å². The van der Waals surface area contributed by atoms with Crippen molar-refractivity contribution in [1.82, 2.24) is 20.1 Å². The second-order valence-corrected chi connectivity index (χ2v) is 4.58. The molecule has 0 saturated carbocycles. The molecular weight excluding hydrogens is 310 g/mol. The average Bonchev–Trinajstić information content (AvgIpc) is 2.89. The number of anilines is 1. The Kier molecular flexibility index (Phi) is 2.96. The molecule has 0 radical (unpaired) electrons. The van der Waals surface area contributed by atoms with Crippen LogP contribution in [0.1, 0.15) is 0 Å². The van der Waals surface area contributed by atoms with Crippen molar-refractivity contribution in [2.75, 3.05) is 5.73 Å². The largest absolute Gasteiger partial charge is 0.384 e. The molecule has 0 aliphatic rings. The van der Waals surface area contributed by atoms with Crippen molar-refractivity contribution in [3.05, 3.63) is 41.1 Å². The molecule has 19 heavy (non-hydrogen) atoms. The fraction of sp³-hybridized carbons (Fsp3) is 0. The number of nitrogens with two attached hydrogens (primary N) is 1. The standard InChI is InChI=1S/C12H8BrN5O/c13-8-2-1-5-15-10(8)11-17-12(19-18-11)7-3-4-9(14)16-6-7/h1-6H,(H2,14,16). The highest BCUT2D eigenvalue weighted by molar-refractivity contribution is 9.10. The first-order valence-corrected chi connectivity index (χ1v) is 6.20. The van der Waals surface area contributed by atoms with Crippen molar-refractivity contribution in [2.45, 2.75) is 0 Å². The first kappa shape index (κ1) is 11.8. The van der Waals surface area contributed by atoms with E-state index in [-0.39, 0.29) is 0 Å². The van der Waals surface area contributed by atoms with Gasteiger partial charge in [-0.25, -0.2) is 4.98 Å². The zero-order chi connectivity index (χ0) is 13.2. The van der Waals surface area contributed by atoms with E-state index in [1.165, 1.54) is 0 Å². The van der Waals surface area contributed by atoms with E-state index in [2.05, 4.69) is 36.0 Å². The summed E-state index contributed by atoms with van der Waals surface area (Å²) in [6, 6.07) is 7.13. The molecule has 0 bridgehead atoms. The number of pyridine rings is 2. The van der Waals surface area contributed by atoms with Crippen molar-refractivity contribution < 1.29 is 4.52 Å². The molecule has 0 aromatic carbocycles. The quantitative estimate of drug-likeness (QED) is 0.781. The molecule has 3 heterocycles. The van der Waals surface area contributed by atoms with Crippen LogP contribution in [0.3, 0.4) is 0 Å². The lowest BCUT2D eigenvalue weighted by Crippen LogP contribution is -1.89. The van der Waals surface area contributed by atoms with Crippen molar-refractivity contribution in [3.8, 4) is 23.0 Å². The molecule has 0 unspecified atom stereocenters. The minimum absolute atomic E-state index is 0.375. The zero-order valence-electron chi connectivity index (χ0n) is 9.62. The van der Waals surface area contributed by atoms with Gasteiger partial charge < -0.3 is 10.3 Å². The Morgan fingerprint density at radius 3 is 2.79 bits per heavy atom. The van der Waals surface area contributed by atoms with Crippen molar-refractivity contribution >= 4 is 21.7 Å². The van der Waals surface area contributed by atoms with Crippen LogP contribution in [0.2, 0.25) is 0 Å². The van der Waals surface area contributed by atoms with Crippen LogP contribution in [0.25, 0.3) is 23.0 Å². The molecule has 94 valence electrons. The minimum Gasteiger partial charge on any atom is -0.384 e. The van der Waals surface area contributed by atoms with E-state index in [1.807, 2.05) is 12.1 Å². The first-order valence-electron chi connectivity index (χ1n) is 5.40. The van der Waals surface area contributed by atoms with E-state index in [0.717, 1.165) is 4.47 Å². The Labute approximate surface area is 116 Å². The van der Waals surface area contributed by atoms with E-state index >= 15 is 0 Å². The van der Waals surface area contributed by atoms with Crippen LogP contribution in [0.15, 0.2) is 45.7 Å². The molecule has 6 nitrogen and oxygen atoms in total. The Morgan fingerprint density at radius 1 is 1.16 bits per heavy atom. The molecule has 0 fully saturated rings. The normalized spacial score (nSPS) is 10.6. The molecule has 3 aromatic rings. The number of hydrogen-bond donors (Lipinski definition) is 1. The van der Waals surface area contributed by atoms with E-state index in [9.17, 15) is 0 Å². The van der Waals surface area contributed by atoms with Crippen LogP contribution < -0.4 is 5.73 Å². The topological polar surface area (TPSA) is 90.7 Å². The number of nitrogens with zero attached hydrogens (tertiary/aromatic N) is 4. The number of aromatic nitrogens is 4. The molecule has 0 aliphatic carbocycles. The maximum Gasteiger partial charge on any atom is 0.259 e. The summed E-state index contributed by atoms with van der Waals surface area (Å²) in [6.07, 6.45) is 3.25. The fourth-order valence-corrected chi connectivity index (χ4v) is 1.95. The van der Waals surface area contributed by atoms with Crippen LogP contribution in [0.4, 0.5) is 5.82 Å². The summed E-state index contributed by atoms with van der Waals surface area (Å²) in [5, 5.41) is 3.91. The summed E-state index contributed by atoms with van der Waals surface area (Å²) in [4.78, 5) is 12.5. The second kappa shape index (κ2) is 4.77. The lowest BCUT2D eigenvalue weighted by atomic mass is 10.3. The molecule has 3 aromatic heterocycles. The van der Waals surface area contributed by atoms with Gasteiger partial charge >= 0.3 is 0 Å². The van der Waals surface area contributed by atoms with Gasteiger partial charge in [0.2, 0.25) is 5.82 Å². The van der Waals surface area contributed by atoms with Crippen molar-refractivity contribution in [2.24, 2.45) is 0 Å². The third-order valence-electron chi connectivity index (χ3n) is 2.43. The Balaban J connectivity index is 2.00. The van der Waals surface area contributed by atoms with Gasteiger partial charge in [-0.2, -0.15) is 4.98 Å². The molecule has 0 amide bonds. The van der Waals surface area contributed by atoms with E-state index < -0.39 is 0 Å². The molecule has 2 N–H and O–H groups in total. The Hall–Kier alpha value is -2.28. The molecule has 3 rings (SSSR count). The van der Waals surface area contributed by atoms with Crippen LogP contribution in [0.5, 0.6) is 0 Å². The monoisotopic (exact) mass is 317 g/mol. The summed E-state index contributed by atoms with van der Waals surface area (Å²) >= 11 is 3.39. The molecule has 0 saturated heterocycles. The predicted octanol–water partition coefficient (Wildman–Crippen LogP) is 2.54. The van der Waals surface area contributed by atoms with Gasteiger partial charge in [0.15, 0.2) is 0 Å². The lowest BCUT2D eigenvalue weighted by molar-refractivity contribution is 0.432. The summed E-state index contributed by atoms with van der Waals surface area (Å²) in [5.74, 6) is 1.23. The maximum atomic E-state index is 5.53. The third-order valence-corrected chi connectivity index (χ3v) is 3.07. The second-order valence-electron chi connectivity index (χ2n) is 3.73. The lowest BCUT2D eigenvalue weighted by Gasteiger charge is -1.95. The van der Waals surface area contributed by atoms with E-state index in [0.29, 0.717) is 28.8 Å². The summed E-state index contributed by atoms with van der Waals surface area (Å²) < 4.78 is 6.00. The summed E-state index contributed by atoms with van der Waals surface area (Å²) in [5.41, 5.74) is 6.86. The van der Waals surface area contributed by atoms with Crippen LogP contribution in [0, 0.1) is 0 Å².